The highest BCUT2D eigenvalue weighted by Crippen LogP contribution is 2.29. The lowest BCUT2D eigenvalue weighted by Crippen LogP contribution is -2.23. The number of rotatable bonds is 8. The third-order valence-electron chi connectivity index (χ3n) is 4.99. The van der Waals surface area contributed by atoms with Gasteiger partial charge < -0.3 is 10.1 Å². The Labute approximate surface area is 195 Å². The Morgan fingerprint density at radius 1 is 1.06 bits per heavy atom. The molecule has 168 valence electrons. The minimum Gasteiger partial charge on any atom is -0.497 e. The van der Waals surface area contributed by atoms with Crippen molar-refractivity contribution in [3.63, 3.8) is 0 Å². The second-order valence-corrected chi connectivity index (χ2v) is 8.67. The molecule has 4 rings (SSSR count). The fourth-order valence-corrected chi connectivity index (χ4v) is 4.10. The van der Waals surface area contributed by atoms with Crippen LogP contribution in [0.1, 0.15) is 12.5 Å². The highest BCUT2D eigenvalue weighted by molar-refractivity contribution is 8.00. The average Bonchev–Trinajstić information content (AvgIpc) is 3.22. The number of ether oxygens (including phenoxy) is 1. The first kappa shape index (κ1) is 22.5. The van der Waals surface area contributed by atoms with Crippen molar-refractivity contribution in [3.8, 4) is 17.1 Å². The summed E-state index contributed by atoms with van der Waals surface area (Å²) in [5.41, 5.74) is 2.47. The number of nitrogens with one attached hydrogen (secondary N) is 1. The van der Waals surface area contributed by atoms with Crippen molar-refractivity contribution in [3.05, 3.63) is 90.2 Å². The maximum Gasteiger partial charge on any atom is 0.237 e. The molecule has 0 aliphatic heterocycles. The Kier molecular flexibility index (Phi) is 7.04. The SMILES string of the molecule is COc1cccc(NC(=O)C(C)Sc2nnc(-c3ccc(F)cc3)n2Cc2ccccc2)c1. The van der Waals surface area contributed by atoms with Gasteiger partial charge in [-0.05, 0) is 48.9 Å². The number of nitrogens with zero attached hydrogens (tertiary/aromatic N) is 3. The number of hydrogen-bond acceptors (Lipinski definition) is 5. The molecule has 1 atom stereocenters. The molecule has 0 bridgehead atoms. The predicted octanol–water partition coefficient (Wildman–Crippen LogP) is 5.26. The molecule has 0 spiro atoms. The van der Waals surface area contributed by atoms with E-state index >= 15 is 0 Å². The van der Waals surface area contributed by atoms with Crippen LogP contribution in [0.4, 0.5) is 10.1 Å². The van der Waals surface area contributed by atoms with Gasteiger partial charge in [-0.1, -0.05) is 48.2 Å². The monoisotopic (exact) mass is 462 g/mol. The zero-order valence-corrected chi connectivity index (χ0v) is 19.1. The number of hydrogen-bond donors (Lipinski definition) is 1. The van der Waals surface area contributed by atoms with Crippen LogP contribution in [0.25, 0.3) is 11.4 Å². The molecule has 3 aromatic carbocycles. The van der Waals surface area contributed by atoms with Crippen LogP contribution >= 0.6 is 11.8 Å². The lowest BCUT2D eigenvalue weighted by molar-refractivity contribution is -0.115. The predicted molar refractivity (Wildman–Crippen MR) is 128 cm³/mol. The van der Waals surface area contributed by atoms with Crippen molar-refractivity contribution in [2.45, 2.75) is 23.9 Å². The highest BCUT2D eigenvalue weighted by atomic mass is 32.2. The molecule has 1 N–H and O–H groups in total. The average molecular weight is 463 g/mol. The van der Waals surface area contributed by atoms with Gasteiger partial charge in [0.25, 0.3) is 0 Å². The Morgan fingerprint density at radius 3 is 2.55 bits per heavy atom. The second-order valence-electron chi connectivity index (χ2n) is 7.37. The van der Waals surface area contributed by atoms with Crippen molar-refractivity contribution < 1.29 is 13.9 Å². The van der Waals surface area contributed by atoms with Crippen molar-refractivity contribution in [2.24, 2.45) is 0 Å². The van der Waals surface area contributed by atoms with E-state index in [2.05, 4.69) is 15.5 Å². The second kappa shape index (κ2) is 10.3. The molecule has 0 aliphatic carbocycles. The van der Waals surface area contributed by atoms with Crippen LogP contribution in [-0.2, 0) is 11.3 Å². The van der Waals surface area contributed by atoms with Gasteiger partial charge in [-0.25, -0.2) is 4.39 Å². The third-order valence-corrected chi connectivity index (χ3v) is 6.07. The van der Waals surface area contributed by atoms with Gasteiger partial charge in [0.2, 0.25) is 5.91 Å². The molecular weight excluding hydrogens is 439 g/mol. The maximum absolute atomic E-state index is 13.4. The molecule has 1 aromatic heterocycles. The molecule has 1 heterocycles. The summed E-state index contributed by atoms with van der Waals surface area (Å²) in [4.78, 5) is 12.8. The molecule has 1 unspecified atom stereocenters. The molecular formula is C25H23FN4O2S. The molecule has 6 nitrogen and oxygen atoms in total. The van der Waals surface area contributed by atoms with E-state index in [0.717, 1.165) is 11.1 Å². The summed E-state index contributed by atoms with van der Waals surface area (Å²) < 4.78 is 20.6. The highest BCUT2D eigenvalue weighted by Gasteiger charge is 2.21. The number of halogens is 1. The van der Waals surface area contributed by atoms with E-state index < -0.39 is 5.25 Å². The topological polar surface area (TPSA) is 69.0 Å². The smallest absolute Gasteiger partial charge is 0.237 e. The normalized spacial score (nSPS) is 11.7. The lowest BCUT2D eigenvalue weighted by atomic mass is 10.2. The van der Waals surface area contributed by atoms with Crippen LogP contribution in [-0.4, -0.2) is 33.0 Å². The van der Waals surface area contributed by atoms with Gasteiger partial charge in [0, 0.05) is 17.3 Å². The molecule has 0 fully saturated rings. The first-order chi connectivity index (χ1) is 16.0. The minimum absolute atomic E-state index is 0.161. The van der Waals surface area contributed by atoms with Crippen molar-refractivity contribution in [2.75, 3.05) is 12.4 Å². The first-order valence-electron chi connectivity index (χ1n) is 10.4. The number of methoxy groups -OCH3 is 1. The summed E-state index contributed by atoms with van der Waals surface area (Å²) >= 11 is 1.32. The standard InChI is InChI=1S/C25H23FN4O2S/c1-17(24(31)27-21-9-6-10-22(15-21)32-2)33-25-29-28-23(19-11-13-20(26)14-12-19)30(25)16-18-7-4-3-5-8-18/h3-15,17H,16H2,1-2H3,(H,27,31). The molecule has 0 saturated heterocycles. The fourth-order valence-electron chi connectivity index (χ4n) is 3.25. The summed E-state index contributed by atoms with van der Waals surface area (Å²) in [5, 5.41) is 11.8. The number of amides is 1. The fraction of sp³-hybridized carbons (Fsp3) is 0.160. The molecule has 4 aromatic rings. The first-order valence-corrected chi connectivity index (χ1v) is 11.3. The molecule has 0 saturated carbocycles. The molecule has 33 heavy (non-hydrogen) atoms. The van der Waals surface area contributed by atoms with Gasteiger partial charge in [-0.15, -0.1) is 10.2 Å². The number of aromatic nitrogens is 3. The lowest BCUT2D eigenvalue weighted by Gasteiger charge is -2.14. The number of anilines is 1. The zero-order chi connectivity index (χ0) is 23.2. The summed E-state index contributed by atoms with van der Waals surface area (Å²) in [6.45, 7) is 2.34. The zero-order valence-electron chi connectivity index (χ0n) is 18.2. The van der Waals surface area contributed by atoms with E-state index in [-0.39, 0.29) is 11.7 Å². The van der Waals surface area contributed by atoms with E-state index in [1.165, 1.54) is 23.9 Å². The van der Waals surface area contributed by atoms with Crippen LogP contribution in [0, 0.1) is 5.82 Å². The van der Waals surface area contributed by atoms with Gasteiger partial charge >= 0.3 is 0 Å². The van der Waals surface area contributed by atoms with Gasteiger partial charge in [-0.2, -0.15) is 0 Å². The van der Waals surface area contributed by atoms with Gasteiger partial charge in [0.05, 0.1) is 18.9 Å². The largest absolute Gasteiger partial charge is 0.497 e. The Morgan fingerprint density at radius 2 is 1.82 bits per heavy atom. The number of benzene rings is 3. The number of carbonyl (C=O) groups excluding carboxylic acids is 1. The van der Waals surface area contributed by atoms with E-state index in [1.807, 2.05) is 60.0 Å². The van der Waals surface area contributed by atoms with Crippen molar-refractivity contribution >= 4 is 23.4 Å². The van der Waals surface area contributed by atoms with Gasteiger partial charge in [0.1, 0.15) is 11.6 Å². The molecule has 0 radical (unpaired) electrons. The van der Waals surface area contributed by atoms with Crippen LogP contribution in [0.3, 0.4) is 0 Å². The quantitative estimate of drug-likeness (QED) is 0.362. The summed E-state index contributed by atoms with van der Waals surface area (Å²) in [5.74, 6) is 0.803. The van der Waals surface area contributed by atoms with Gasteiger partial charge in [0.15, 0.2) is 11.0 Å². The van der Waals surface area contributed by atoms with E-state index in [0.29, 0.717) is 29.0 Å². The van der Waals surface area contributed by atoms with Gasteiger partial charge in [-0.3, -0.25) is 9.36 Å². The summed E-state index contributed by atoms with van der Waals surface area (Å²) in [6, 6.07) is 23.3. The Bertz CT molecular complexity index is 1230. The Balaban J connectivity index is 1.58. The molecule has 0 aliphatic rings. The summed E-state index contributed by atoms with van der Waals surface area (Å²) in [6.07, 6.45) is 0. The van der Waals surface area contributed by atoms with Crippen LogP contribution < -0.4 is 10.1 Å². The number of carbonyl (C=O) groups is 1. The van der Waals surface area contributed by atoms with E-state index in [9.17, 15) is 9.18 Å². The van der Waals surface area contributed by atoms with Crippen LogP contribution in [0.15, 0.2) is 84.0 Å². The molecule has 1 amide bonds. The van der Waals surface area contributed by atoms with Crippen molar-refractivity contribution in [1.29, 1.82) is 0 Å². The third kappa shape index (κ3) is 5.59. The Hall–Kier alpha value is -3.65. The van der Waals surface area contributed by atoms with Crippen molar-refractivity contribution in [1.82, 2.24) is 14.8 Å². The van der Waals surface area contributed by atoms with Crippen LogP contribution in [0.2, 0.25) is 0 Å². The summed E-state index contributed by atoms with van der Waals surface area (Å²) in [7, 11) is 1.58. The minimum atomic E-state index is -0.434. The number of thioether (sulfide) groups is 1. The van der Waals surface area contributed by atoms with E-state index in [4.69, 9.17) is 4.74 Å². The molecule has 8 heteroatoms. The maximum atomic E-state index is 13.4. The van der Waals surface area contributed by atoms with E-state index in [1.54, 1.807) is 25.3 Å². The van der Waals surface area contributed by atoms with Crippen LogP contribution in [0.5, 0.6) is 5.75 Å².